The standard InChI is InChI=1S/C12H23N3O2/c1-15(10-7-8-10)12(13)14-9-5-3-4-6-11(16)17-2/h10H,3-9H2,1-2H3,(H2,13,14). The van der Waals surface area contributed by atoms with E-state index in [0.717, 1.165) is 25.8 Å². The zero-order chi connectivity index (χ0) is 12.7. The van der Waals surface area contributed by atoms with Crippen molar-refractivity contribution in [1.29, 1.82) is 0 Å². The Morgan fingerprint density at radius 2 is 2.12 bits per heavy atom. The van der Waals surface area contributed by atoms with Crippen LogP contribution < -0.4 is 5.73 Å². The molecule has 2 N–H and O–H groups in total. The van der Waals surface area contributed by atoms with Crippen molar-refractivity contribution in [3.63, 3.8) is 0 Å². The van der Waals surface area contributed by atoms with E-state index >= 15 is 0 Å². The lowest BCUT2D eigenvalue weighted by molar-refractivity contribution is -0.140. The number of carbonyl (C=O) groups is 1. The van der Waals surface area contributed by atoms with Crippen LogP contribution in [0.15, 0.2) is 4.99 Å². The molecule has 98 valence electrons. The van der Waals surface area contributed by atoms with Crippen molar-refractivity contribution in [3.05, 3.63) is 0 Å². The largest absolute Gasteiger partial charge is 0.469 e. The molecule has 0 aromatic rings. The summed E-state index contributed by atoms with van der Waals surface area (Å²) in [5.41, 5.74) is 5.84. The molecule has 0 aromatic carbocycles. The second-order valence-electron chi connectivity index (χ2n) is 4.47. The summed E-state index contributed by atoms with van der Waals surface area (Å²) >= 11 is 0. The van der Waals surface area contributed by atoms with Crippen LogP contribution in [-0.2, 0) is 9.53 Å². The van der Waals surface area contributed by atoms with Crippen molar-refractivity contribution in [2.24, 2.45) is 10.7 Å². The van der Waals surface area contributed by atoms with Crippen LogP contribution in [0.4, 0.5) is 0 Å². The monoisotopic (exact) mass is 241 g/mol. The fourth-order valence-electron chi connectivity index (χ4n) is 1.61. The lowest BCUT2D eigenvalue weighted by Crippen LogP contribution is -2.35. The molecule has 0 aromatic heterocycles. The molecule has 1 saturated carbocycles. The highest BCUT2D eigenvalue weighted by molar-refractivity contribution is 5.78. The molecule has 5 heteroatoms. The molecule has 0 heterocycles. The molecule has 0 radical (unpaired) electrons. The van der Waals surface area contributed by atoms with E-state index in [4.69, 9.17) is 5.73 Å². The van der Waals surface area contributed by atoms with Crippen LogP contribution in [0.25, 0.3) is 0 Å². The van der Waals surface area contributed by atoms with Crippen molar-refractivity contribution < 1.29 is 9.53 Å². The molecule has 0 unspecified atom stereocenters. The quantitative estimate of drug-likeness (QED) is 0.314. The highest BCUT2D eigenvalue weighted by Crippen LogP contribution is 2.24. The lowest BCUT2D eigenvalue weighted by Gasteiger charge is -2.16. The maximum absolute atomic E-state index is 10.8. The molecule has 1 fully saturated rings. The van der Waals surface area contributed by atoms with Crippen LogP contribution in [-0.4, -0.2) is 43.6 Å². The van der Waals surface area contributed by atoms with Crippen molar-refractivity contribution >= 4 is 11.9 Å². The first kappa shape index (κ1) is 13.8. The smallest absolute Gasteiger partial charge is 0.305 e. The molecule has 0 aliphatic heterocycles. The number of esters is 1. The fraction of sp³-hybridized carbons (Fsp3) is 0.833. The summed E-state index contributed by atoms with van der Waals surface area (Å²) in [6, 6.07) is 0.609. The zero-order valence-electron chi connectivity index (χ0n) is 10.8. The molecule has 1 rings (SSSR count). The number of ether oxygens (including phenoxy) is 1. The van der Waals surface area contributed by atoms with Gasteiger partial charge in [-0.3, -0.25) is 9.79 Å². The van der Waals surface area contributed by atoms with E-state index in [1.807, 2.05) is 7.05 Å². The van der Waals surface area contributed by atoms with Crippen molar-refractivity contribution in [2.45, 2.75) is 44.6 Å². The van der Waals surface area contributed by atoms with Gasteiger partial charge in [-0.1, -0.05) is 6.42 Å². The number of rotatable bonds is 7. The van der Waals surface area contributed by atoms with E-state index in [0.29, 0.717) is 18.4 Å². The molecule has 0 atom stereocenters. The van der Waals surface area contributed by atoms with Crippen LogP contribution in [0.1, 0.15) is 38.5 Å². The Balaban J connectivity index is 2.02. The van der Waals surface area contributed by atoms with E-state index in [1.54, 1.807) is 0 Å². The minimum absolute atomic E-state index is 0.138. The predicted octanol–water partition coefficient (Wildman–Crippen LogP) is 1.13. The fourth-order valence-corrected chi connectivity index (χ4v) is 1.61. The minimum atomic E-state index is -0.138. The highest BCUT2D eigenvalue weighted by Gasteiger charge is 2.27. The van der Waals surface area contributed by atoms with Crippen LogP contribution in [0.3, 0.4) is 0 Å². The Morgan fingerprint density at radius 3 is 2.71 bits per heavy atom. The molecular weight excluding hydrogens is 218 g/mol. The van der Waals surface area contributed by atoms with E-state index < -0.39 is 0 Å². The van der Waals surface area contributed by atoms with Gasteiger partial charge in [0.2, 0.25) is 0 Å². The van der Waals surface area contributed by atoms with Gasteiger partial charge in [-0.15, -0.1) is 0 Å². The van der Waals surface area contributed by atoms with Gasteiger partial charge in [0, 0.05) is 26.1 Å². The first-order chi connectivity index (χ1) is 8.15. The summed E-state index contributed by atoms with van der Waals surface area (Å²) in [5, 5.41) is 0. The normalized spacial score (nSPS) is 15.8. The van der Waals surface area contributed by atoms with Crippen LogP contribution >= 0.6 is 0 Å². The SMILES string of the molecule is COC(=O)CCCCCN=C(N)N(C)C1CC1. The maximum Gasteiger partial charge on any atom is 0.305 e. The van der Waals surface area contributed by atoms with Gasteiger partial charge in [-0.05, 0) is 25.7 Å². The number of unbranched alkanes of at least 4 members (excludes halogenated alkanes) is 2. The van der Waals surface area contributed by atoms with Crippen LogP contribution in [0.2, 0.25) is 0 Å². The third-order valence-electron chi connectivity index (χ3n) is 3.00. The molecule has 0 bridgehead atoms. The Hall–Kier alpha value is -1.26. The van der Waals surface area contributed by atoms with Gasteiger partial charge >= 0.3 is 5.97 Å². The average molecular weight is 241 g/mol. The Morgan fingerprint density at radius 1 is 1.41 bits per heavy atom. The van der Waals surface area contributed by atoms with Gasteiger partial charge in [0.1, 0.15) is 0 Å². The van der Waals surface area contributed by atoms with E-state index in [-0.39, 0.29) is 5.97 Å². The topological polar surface area (TPSA) is 67.9 Å². The molecular formula is C12H23N3O2. The molecule has 5 nitrogen and oxygen atoms in total. The molecule has 0 saturated heterocycles. The van der Waals surface area contributed by atoms with Gasteiger partial charge in [0.05, 0.1) is 7.11 Å². The number of carbonyl (C=O) groups excluding carboxylic acids is 1. The second kappa shape index (κ2) is 7.14. The van der Waals surface area contributed by atoms with E-state index in [2.05, 4.69) is 14.6 Å². The molecule has 0 spiro atoms. The summed E-state index contributed by atoms with van der Waals surface area (Å²) in [7, 11) is 3.41. The third-order valence-corrected chi connectivity index (χ3v) is 3.00. The molecule has 1 aliphatic carbocycles. The summed E-state index contributed by atoms with van der Waals surface area (Å²) in [4.78, 5) is 17.2. The van der Waals surface area contributed by atoms with Crippen molar-refractivity contribution in [1.82, 2.24) is 4.90 Å². The summed E-state index contributed by atoms with van der Waals surface area (Å²) in [5.74, 6) is 0.502. The average Bonchev–Trinajstić information content (AvgIpc) is 3.15. The maximum atomic E-state index is 10.8. The molecule has 1 aliphatic rings. The predicted molar refractivity (Wildman–Crippen MR) is 67.8 cm³/mol. The van der Waals surface area contributed by atoms with Crippen LogP contribution in [0.5, 0.6) is 0 Å². The van der Waals surface area contributed by atoms with Gasteiger partial charge < -0.3 is 15.4 Å². The minimum Gasteiger partial charge on any atom is -0.469 e. The third kappa shape index (κ3) is 5.56. The Bertz CT molecular complexity index is 275. The zero-order valence-corrected chi connectivity index (χ0v) is 10.8. The Kier molecular flexibility index (Phi) is 5.80. The number of hydrogen-bond donors (Lipinski definition) is 1. The van der Waals surface area contributed by atoms with Crippen molar-refractivity contribution in [3.8, 4) is 0 Å². The lowest BCUT2D eigenvalue weighted by atomic mass is 10.2. The number of methoxy groups -OCH3 is 1. The number of nitrogens with zero attached hydrogens (tertiary/aromatic N) is 2. The molecule has 17 heavy (non-hydrogen) atoms. The highest BCUT2D eigenvalue weighted by atomic mass is 16.5. The first-order valence-corrected chi connectivity index (χ1v) is 6.24. The van der Waals surface area contributed by atoms with Gasteiger partial charge in [0.15, 0.2) is 5.96 Å². The summed E-state index contributed by atoms with van der Waals surface area (Å²) in [6.07, 6.45) is 5.77. The van der Waals surface area contributed by atoms with E-state index in [9.17, 15) is 4.79 Å². The molecule has 0 amide bonds. The second-order valence-corrected chi connectivity index (χ2v) is 4.47. The number of nitrogens with two attached hydrogens (primary N) is 1. The van der Waals surface area contributed by atoms with Gasteiger partial charge in [0.25, 0.3) is 0 Å². The van der Waals surface area contributed by atoms with Gasteiger partial charge in [-0.2, -0.15) is 0 Å². The number of hydrogen-bond acceptors (Lipinski definition) is 3. The number of aliphatic imine (C=N–C) groups is 1. The van der Waals surface area contributed by atoms with Gasteiger partial charge in [-0.25, -0.2) is 0 Å². The summed E-state index contributed by atoms with van der Waals surface area (Å²) < 4.78 is 4.57. The first-order valence-electron chi connectivity index (χ1n) is 6.24. The Labute approximate surface area is 103 Å². The van der Waals surface area contributed by atoms with E-state index in [1.165, 1.54) is 20.0 Å². The van der Waals surface area contributed by atoms with Crippen LogP contribution in [0, 0.1) is 0 Å². The van der Waals surface area contributed by atoms with Crippen molar-refractivity contribution in [2.75, 3.05) is 20.7 Å². The number of guanidine groups is 1. The summed E-state index contributed by atoms with van der Waals surface area (Å²) in [6.45, 7) is 0.740.